The number of amides is 1. The Morgan fingerprint density at radius 3 is 2.38 bits per heavy atom. The highest BCUT2D eigenvalue weighted by atomic mass is 16.6. The summed E-state index contributed by atoms with van der Waals surface area (Å²) in [5.74, 6) is -0.334. The lowest BCUT2D eigenvalue weighted by Crippen LogP contribution is -2.28. The normalized spacial score (nSPS) is 11.8. The van der Waals surface area contributed by atoms with Crippen molar-refractivity contribution < 1.29 is 9.72 Å². The van der Waals surface area contributed by atoms with Gasteiger partial charge in [-0.05, 0) is 41.5 Å². The number of benzene rings is 3. The van der Waals surface area contributed by atoms with Crippen molar-refractivity contribution in [1.82, 2.24) is 10.3 Å². The zero-order chi connectivity index (χ0) is 22.7. The van der Waals surface area contributed by atoms with Crippen LogP contribution in [0.1, 0.15) is 27.4 Å². The Bertz CT molecular complexity index is 1240. The van der Waals surface area contributed by atoms with Crippen molar-refractivity contribution in [1.29, 1.82) is 0 Å². The number of aromatic amines is 1. The molecule has 0 saturated heterocycles. The predicted molar refractivity (Wildman–Crippen MR) is 126 cm³/mol. The molecule has 1 heterocycles. The van der Waals surface area contributed by atoms with Crippen LogP contribution in [0.15, 0.2) is 79.0 Å². The van der Waals surface area contributed by atoms with Crippen molar-refractivity contribution in [2.75, 3.05) is 25.5 Å². The van der Waals surface area contributed by atoms with E-state index in [2.05, 4.69) is 40.6 Å². The van der Waals surface area contributed by atoms with Gasteiger partial charge in [-0.25, -0.2) is 0 Å². The summed E-state index contributed by atoms with van der Waals surface area (Å²) in [5.41, 5.74) is 4.67. The molecule has 0 bridgehead atoms. The van der Waals surface area contributed by atoms with Crippen LogP contribution in [0.25, 0.3) is 10.9 Å². The van der Waals surface area contributed by atoms with Gasteiger partial charge in [0, 0.05) is 67.0 Å². The zero-order valence-electron chi connectivity index (χ0n) is 17.9. The lowest BCUT2D eigenvalue weighted by Gasteiger charge is -2.20. The van der Waals surface area contributed by atoms with E-state index in [4.69, 9.17) is 0 Å². The Hall–Kier alpha value is -4.13. The monoisotopic (exact) mass is 428 g/mol. The van der Waals surface area contributed by atoms with Gasteiger partial charge in [-0.2, -0.15) is 0 Å². The van der Waals surface area contributed by atoms with Crippen molar-refractivity contribution in [2.24, 2.45) is 0 Å². The average Bonchev–Trinajstić information content (AvgIpc) is 3.23. The highest BCUT2D eigenvalue weighted by molar-refractivity contribution is 5.94. The Balaban J connectivity index is 1.62. The van der Waals surface area contributed by atoms with Crippen molar-refractivity contribution in [2.45, 2.75) is 5.92 Å². The van der Waals surface area contributed by atoms with Crippen LogP contribution in [0.3, 0.4) is 0 Å². The lowest BCUT2D eigenvalue weighted by molar-refractivity contribution is -0.384. The fraction of sp³-hybridized carbons (Fsp3) is 0.160. The van der Waals surface area contributed by atoms with E-state index in [1.54, 1.807) is 0 Å². The van der Waals surface area contributed by atoms with Crippen LogP contribution in [0.5, 0.6) is 0 Å². The summed E-state index contributed by atoms with van der Waals surface area (Å²) in [5, 5.41) is 15.0. The number of carbonyl (C=O) groups is 1. The molecule has 2 N–H and O–H groups in total. The molecule has 162 valence electrons. The number of nitrogens with one attached hydrogen (secondary N) is 2. The van der Waals surface area contributed by atoms with Crippen LogP contribution in [-0.4, -0.2) is 36.5 Å². The number of H-pyrrole nitrogens is 1. The van der Waals surface area contributed by atoms with Gasteiger partial charge in [-0.3, -0.25) is 14.9 Å². The van der Waals surface area contributed by atoms with Crippen LogP contribution in [0.4, 0.5) is 11.4 Å². The van der Waals surface area contributed by atoms with Gasteiger partial charge < -0.3 is 15.2 Å². The summed E-state index contributed by atoms with van der Waals surface area (Å²) in [4.78, 5) is 28.5. The Morgan fingerprint density at radius 2 is 1.72 bits per heavy atom. The van der Waals surface area contributed by atoms with Gasteiger partial charge in [0.2, 0.25) is 0 Å². The number of carbonyl (C=O) groups excluding carboxylic acids is 1. The maximum absolute atomic E-state index is 12.7. The SMILES string of the molecule is CN(C)c1ccc([C@H](CNC(=O)c2ccc([N+](=O)[O-])cc2)c2c[nH]c3ccccc23)cc1. The third-order valence-corrected chi connectivity index (χ3v) is 5.62. The van der Waals surface area contributed by atoms with E-state index in [-0.39, 0.29) is 17.5 Å². The number of nitrogens with zero attached hydrogens (tertiary/aromatic N) is 2. The number of anilines is 1. The number of fused-ring (bicyclic) bond motifs is 1. The van der Waals surface area contributed by atoms with Crippen LogP contribution in [0, 0.1) is 10.1 Å². The van der Waals surface area contributed by atoms with Crippen LogP contribution in [0.2, 0.25) is 0 Å². The molecule has 0 aliphatic rings. The highest BCUT2D eigenvalue weighted by Crippen LogP contribution is 2.31. The average molecular weight is 428 g/mol. The van der Waals surface area contributed by atoms with E-state index in [1.165, 1.54) is 24.3 Å². The van der Waals surface area contributed by atoms with Crippen molar-refractivity contribution in [3.8, 4) is 0 Å². The van der Waals surface area contributed by atoms with E-state index < -0.39 is 4.92 Å². The van der Waals surface area contributed by atoms with Gasteiger partial charge in [0.1, 0.15) is 0 Å². The minimum absolute atomic E-state index is 0.0424. The number of hydrogen-bond acceptors (Lipinski definition) is 4. The number of aromatic nitrogens is 1. The highest BCUT2D eigenvalue weighted by Gasteiger charge is 2.20. The van der Waals surface area contributed by atoms with Crippen LogP contribution in [-0.2, 0) is 0 Å². The Labute approximate surface area is 185 Å². The second kappa shape index (κ2) is 8.93. The largest absolute Gasteiger partial charge is 0.378 e. The summed E-state index contributed by atoms with van der Waals surface area (Å²) >= 11 is 0. The van der Waals surface area contributed by atoms with Gasteiger partial charge in [-0.1, -0.05) is 30.3 Å². The van der Waals surface area contributed by atoms with Gasteiger partial charge in [-0.15, -0.1) is 0 Å². The molecule has 1 aromatic heterocycles. The molecule has 7 nitrogen and oxygen atoms in total. The number of nitro groups is 1. The molecule has 32 heavy (non-hydrogen) atoms. The molecule has 0 aliphatic carbocycles. The molecule has 1 amide bonds. The molecular weight excluding hydrogens is 404 g/mol. The molecule has 3 aromatic carbocycles. The first-order valence-corrected chi connectivity index (χ1v) is 10.3. The quantitative estimate of drug-likeness (QED) is 0.330. The van der Waals surface area contributed by atoms with E-state index in [1.807, 2.05) is 43.4 Å². The third kappa shape index (κ3) is 4.32. The van der Waals surface area contributed by atoms with Gasteiger partial charge in [0.05, 0.1) is 4.92 Å². The Kier molecular flexibility index (Phi) is 5.89. The molecule has 0 aliphatic heterocycles. The maximum atomic E-state index is 12.7. The van der Waals surface area contributed by atoms with Crippen molar-refractivity contribution in [3.63, 3.8) is 0 Å². The van der Waals surface area contributed by atoms with Crippen molar-refractivity contribution >= 4 is 28.2 Å². The molecular formula is C25H24N4O3. The number of rotatable bonds is 7. The summed E-state index contributed by atoms with van der Waals surface area (Å²) < 4.78 is 0. The van der Waals surface area contributed by atoms with Gasteiger partial charge >= 0.3 is 0 Å². The van der Waals surface area contributed by atoms with Crippen LogP contribution >= 0.6 is 0 Å². The summed E-state index contributed by atoms with van der Waals surface area (Å²) in [6.07, 6.45) is 1.99. The fourth-order valence-electron chi connectivity index (χ4n) is 3.83. The minimum atomic E-state index is -0.480. The number of nitro benzene ring substituents is 1. The molecule has 0 spiro atoms. The van der Waals surface area contributed by atoms with E-state index in [0.717, 1.165) is 27.7 Å². The molecule has 0 saturated carbocycles. The van der Waals surface area contributed by atoms with Crippen LogP contribution < -0.4 is 10.2 Å². The zero-order valence-corrected chi connectivity index (χ0v) is 17.9. The summed E-state index contributed by atoms with van der Waals surface area (Å²) in [6, 6.07) is 22.0. The first-order valence-electron chi connectivity index (χ1n) is 10.3. The van der Waals surface area contributed by atoms with E-state index >= 15 is 0 Å². The lowest BCUT2D eigenvalue weighted by atomic mass is 9.90. The number of para-hydroxylation sites is 1. The molecule has 0 fully saturated rings. The number of non-ortho nitro benzene ring substituents is 1. The smallest absolute Gasteiger partial charge is 0.269 e. The molecule has 0 unspecified atom stereocenters. The molecule has 4 rings (SSSR count). The molecule has 4 aromatic rings. The van der Waals surface area contributed by atoms with Gasteiger partial charge in [0.25, 0.3) is 11.6 Å². The summed E-state index contributed by atoms with van der Waals surface area (Å²) in [6.45, 7) is 0.388. The molecule has 7 heteroatoms. The summed E-state index contributed by atoms with van der Waals surface area (Å²) in [7, 11) is 3.99. The minimum Gasteiger partial charge on any atom is -0.378 e. The first kappa shape index (κ1) is 21.1. The predicted octanol–water partition coefficient (Wildman–Crippen LogP) is 4.70. The maximum Gasteiger partial charge on any atom is 0.269 e. The third-order valence-electron chi connectivity index (χ3n) is 5.62. The second-order valence-electron chi connectivity index (χ2n) is 7.84. The van der Waals surface area contributed by atoms with Crippen molar-refractivity contribution in [3.05, 3.63) is 106 Å². The topological polar surface area (TPSA) is 91.3 Å². The van der Waals surface area contributed by atoms with Gasteiger partial charge in [0.15, 0.2) is 0 Å². The second-order valence-corrected chi connectivity index (χ2v) is 7.84. The molecule has 0 radical (unpaired) electrons. The Morgan fingerprint density at radius 1 is 1.03 bits per heavy atom. The van der Waals surface area contributed by atoms with E-state index in [9.17, 15) is 14.9 Å². The number of hydrogen-bond donors (Lipinski definition) is 2. The first-order chi connectivity index (χ1) is 15.4. The van der Waals surface area contributed by atoms with E-state index in [0.29, 0.717) is 12.1 Å². The standard InChI is InChI=1S/C25H24N4O3/c1-28(2)19-11-7-17(8-12-19)22(23-16-26-24-6-4-3-5-21(23)24)15-27-25(30)18-9-13-20(14-10-18)29(31)32/h3-14,16,22,26H,15H2,1-2H3,(H,27,30)/t22-/m0/s1. The fourth-order valence-corrected chi connectivity index (χ4v) is 3.83. The molecule has 1 atom stereocenters.